The molecule has 10 heteroatoms. The number of halogens is 4. The van der Waals surface area contributed by atoms with Gasteiger partial charge in [-0.15, -0.1) is 0 Å². The highest BCUT2D eigenvalue weighted by atomic mass is 35.5. The largest absolute Gasteiger partial charge is 0.375 e. The molecular formula is C24H21ClF3N5O. The molecular weight excluding hydrogens is 467 g/mol. The first-order valence-corrected chi connectivity index (χ1v) is 10.8. The lowest BCUT2D eigenvalue weighted by molar-refractivity contribution is 0.0570. The first kappa shape index (κ1) is 23.8. The van der Waals surface area contributed by atoms with Crippen LogP contribution in [0.5, 0.6) is 0 Å². The van der Waals surface area contributed by atoms with Crippen molar-refractivity contribution in [1.29, 1.82) is 10.8 Å². The average Bonchev–Trinajstić information content (AvgIpc) is 3.02. The lowest BCUT2D eigenvalue weighted by atomic mass is 9.94. The van der Waals surface area contributed by atoms with Crippen LogP contribution in [0.15, 0.2) is 30.3 Å². The molecule has 1 aromatic heterocycles. The molecule has 1 aliphatic rings. The summed E-state index contributed by atoms with van der Waals surface area (Å²) in [6, 6.07) is 7.79. The molecule has 2 aromatic carbocycles. The fourth-order valence-corrected chi connectivity index (χ4v) is 3.92. The summed E-state index contributed by atoms with van der Waals surface area (Å²) in [7, 11) is 0. The molecule has 0 fully saturated rings. The standard InChI is InChI=1S/C24H21ClF3N5O/c1-24(2,22(27)28)9-8-14-4-3-5-18-15(14)12-34-11-10-32(18)21-19-17(26)7-6-16(25)20(19)33(13-29)23(30)31-21/h3-7,13,22,29-30H,10-12H2,1-2H3. The second-order valence-electron chi connectivity index (χ2n) is 8.29. The van der Waals surface area contributed by atoms with Crippen LogP contribution in [0.4, 0.5) is 24.7 Å². The summed E-state index contributed by atoms with van der Waals surface area (Å²) in [6.07, 6.45) is -1.76. The average molecular weight is 488 g/mol. The highest BCUT2D eigenvalue weighted by Gasteiger charge is 2.28. The molecule has 0 radical (unpaired) electrons. The van der Waals surface area contributed by atoms with E-state index in [-0.39, 0.29) is 47.1 Å². The highest BCUT2D eigenvalue weighted by Crippen LogP contribution is 2.37. The summed E-state index contributed by atoms with van der Waals surface area (Å²) in [4.78, 5) is 6.00. The van der Waals surface area contributed by atoms with Crippen molar-refractivity contribution in [2.45, 2.75) is 26.9 Å². The van der Waals surface area contributed by atoms with Gasteiger partial charge in [-0.1, -0.05) is 29.5 Å². The van der Waals surface area contributed by atoms with Gasteiger partial charge in [-0.05, 0) is 38.1 Å². The van der Waals surface area contributed by atoms with E-state index in [1.807, 2.05) is 0 Å². The minimum atomic E-state index is -2.61. The van der Waals surface area contributed by atoms with Gasteiger partial charge in [0.15, 0.2) is 0 Å². The van der Waals surface area contributed by atoms with E-state index >= 15 is 4.39 Å². The quantitative estimate of drug-likeness (QED) is 0.307. The summed E-state index contributed by atoms with van der Waals surface area (Å²) in [5.74, 6) is 5.03. The second-order valence-corrected chi connectivity index (χ2v) is 8.70. The van der Waals surface area contributed by atoms with Crippen molar-refractivity contribution in [2.75, 3.05) is 18.1 Å². The molecule has 4 rings (SSSR count). The van der Waals surface area contributed by atoms with E-state index in [4.69, 9.17) is 27.2 Å². The molecule has 6 nitrogen and oxygen atoms in total. The molecule has 1 aliphatic heterocycles. The summed E-state index contributed by atoms with van der Waals surface area (Å²) >= 11 is 6.34. The van der Waals surface area contributed by atoms with E-state index in [0.717, 1.165) is 10.9 Å². The van der Waals surface area contributed by atoms with E-state index in [1.54, 1.807) is 23.1 Å². The van der Waals surface area contributed by atoms with Crippen molar-refractivity contribution in [1.82, 2.24) is 9.55 Å². The molecule has 2 N–H and O–H groups in total. The highest BCUT2D eigenvalue weighted by molar-refractivity contribution is 6.35. The van der Waals surface area contributed by atoms with Gasteiger partial charge < -0.3 is 9.64 Å². The van der Waals surface area contributed by atoms with Crippen molar-refractivity contribution in [3.63, 3.8) is 0 Å². The zero-order valence-corrected chi connectivity index (χ0v) is 19.2. The first-order chi connectivity index (χ1) is 16.2. The first-order valence-electron chi connectivity index (χ1n) is 10.4. The van der Waals surface area contributed by atoms with Crippen molar-refractivity contribution in [3.8, 4) is 11.8 Å². The third-order valence-corrected chi connectivity index (χ3v) is 5.88. The van der Waals surface area contributed by atoms with Crippen molar-refractivity contribution < 1.29 is 17.9 Å². The fourth-order valence-electron chi connectivity index (χ4n) is 3.68. The molecule has 3 aromatic rings. The molecule has 0 bridgehead atoms. The Kier molecular flexibility index (Phi) is 6.39. The van der Waals surface area contributed by atoms with Crippen LogP contribution in [-0.4, -0.2) is 35.5 Å². The summed E-state index contributed by atoms with van der Waals surface area (Å²) in [5.41, 5.74) is 0.118. The van der Waals surface area contributed by atoms with Crippen molar-refractivity contribution in [2.24, 2.45) is 5.41 Å². The Hall–Kier alpha value is -3.35. The number of aromatic nitrogens is 2. The number of hydrogen-bond acceptors (Lipinski definition) is 5. The van der Waals surface area contributed by atoms with Gasteiger partial charge in [-0.3, -0.25) is 15.4 Å². The molecule has 0 saturated carbocycles. The molecule has 34 heavy (non-hydrogen) atoms. The Morgan fingerprint density at radius 2 is 2.03 bits per heavy atom. The van der Waals surface area contributed by atoms with Gasteiger partial charge >= 0.3 is 0 Å². The number of alkyl halides is 2. The summed E-state index contributed by atoms with van der Waals surface area (Å²) < 4.78 is 48.5. The maximum Gasteiger partial charge on any atom is 0.254 e. The molecule has 0 saturated heterocycles. The molecule has 2 heterocycles. The maximum absolute atomic E-state index is 15.1. The number of anilines is 2. The van der Waals surface area contributed by atoms with Gasteiger partial charge in [-0.25, -0.2) is 13.2 Å². The van der Waals surface area contributed by atoms with Crippen LogP contribution in [0.2, 0.25) is 5.02 Å². The van der Waals surface area contributed by atoms with Crippen molar-refractivity contribution >= 4 is 40.3 Å². The molecule has 176 valence electrons. The zero-order valence-electron chi connectivity index (χ0n) is 18.4. The van der Waals surface area contributed by atoms with E-state index < -0.39 is 17.7 Å². The third-order valence-electron chi connectivity index (χ3n) is 5.58. The number of ether oxygens (including phenoxy) is 1. The Bertz CT molecular complexity index is 1410. The van der Waals surface area contributed by atoms with E-state index in [2.05, 4.69) is 16.8 Å². The predicted molar refractivity (Wildman–Crippen MR) is 125 cm³/mol. The van der Waals surface area contributed by atoms with Crippen LogP contribution >= 0.6 is 11.6 Å². The SMILES string of the molecule is CC(C)(C#Cc1cccc2c1COCCN2c1nc(=N)n(C=N)c2c(Cl)ccc(F)c12)C(F)F. The second kappa shape index (κ2) is 9.12. The van der Waals surface area contributed by atoms with Gasteiger partial charge in [0.2, 0.25) is 5.62 Å². The number of rotatable bonds is 3. The van der Waals surface area contributed by atoms with Crippen LogP contribution in [-0.2, 0) is 11.3 Å². The number of benzene rings is 2. The van der Waals surface area contributed by atoms with Crippen LogP contribution in [0, 0.1) is 33.9 Å². The Morgan fingerprint density at radius 1 is 1.26 bits per heavy atom. The monoisotopic (exact) mass is 487 g/mol. The van der Waals surface area contributed by atoms with Crippen LogP contribution in [0.1, 0.15) is 25.0 Å². The topological polar surface area (TPSA) is 78.0 Å². The predicted octanol–water partition coefficient (Wildman–Crippen LogP) is 5.07. The summed E-state index contributed by atoms with van der Waals surface area (Å²) in [5, 5.41) is 16.2. The lowest BCUT2D eigenvalue weighted by Gasteiger charge is -2.26. The zero-order chi connectivity index (χ0) is 24.6. The van der Waals surface area contributed by atoms with Crippen LogP contribution in [0.25, 0.3) is 10.9 Å². The number of hydrogen-bond donors (Lipinski definition) is 2. The normalized spacial score (nSPS) is 13.9. The summed E-state index contributed by atoms with van der Waals surface area (Å²) in [6.45, 7) is 3.47. The smallest absolute Gasteiger partial charge is 0.254 e. The molecule has 0 aliphatic carbocycles. The van der Waals surface area contributed by atoms with E-state index in [1.165, 1.54) is 26.0 Å². The minimum absolute atomic E-state index is 0.0511. The van der Waals surface area contributed by atoms with E-state index in [9.17, 15) is 8.78 Å². The van der Waals surface area contributed by atoms with E-state index in [0.29, 0.717) is 16.8 Å². The maximum atomic E-state index is 15.1. The third kappa shape index (κ3) is 4.15. The van der Waals surface area contributed by atoms with Crippen LogP contribution < -0.4 is 10.5 Å². The van der Waals surface area contributed by atoms with Gasteiger partial charge in [0.1, 0.15) is 11.6 Å². The number of fused-ring (bicyclic) bond motifs is 2. The van der Waals surface area contributed by atoms with Gasteiger partial charge in [0.25, 0.3) is 6.43 Å². The Morgan fingerprint density at radius 3 is 2.74 bits per heavy atom. The van der Waals surface area contributed by atoms with Crippen LogP contribution in [0.3, 0.4) is 0 Å². The Balaban J connectivity index is 1.97. The van der Waals surface area contributed by atoms with Gasteiger partial charge in [-0.2, -0.15) is 4.98 Å². The molecule has 0 amide bonds. The fraction of sp³-hybridized carbons (Fsp3) is 0.292. The molecule has 0 spiro atoms. The minimum Gasteiger partial charge on any atom is -0.375 e. The van der Waals surface area contributed by atoms with Gasteiger partial charge in [0, 0.05) is 23.4 Å². The number of nitrogens with zero attached hydrogens (tertiary/aromatic N) is 3. The van der Waals surface area contributed by atoms with Crippen molar-refractivity contribution in [3.05, 3.63) is 57.9 Å². The lowest BCUT2D eigenvalue weighted by Crippen LogP contribution is -2.30. The Labute approximate surface area is 199 Å². The van der Waals surface area contributed by atoms with Gasteiger partial charge in [0.05, 0.1) is 40.9 Å². The number of nitrogens with one attached hydrogen (secondary N) is 2. The molecule has 0 unspecified atom stereocenters. The molecule has 0 atom stereocenters.